The summed E-state index contributed by atoms with van der Waals surface area (Å²) >= 11 is 12.5. The van der Waals surface area contributed by atoms with Crippen molar-refractivity contribution in [2.24, 2.45) is 0 Å². The molecule has 0 bridgehead atoms. The third-order valence-electron chi connectivity index (χ3n) is 4.94. The summed E-state index contributed by atoms with van der Waals surface area (Å²) in [7, 11) is 0. The second-order valence-electron chi connectivity index (χ2n) is 7.31. The van der Waals surface area contributed by atoms with Gasteiger partial charge in [-0.1, -0.05) is 65.7 Å². The zero-order chi connectivity index (χ0) is 21.1. The minimum atomic E-state index is -0.462. The predicted octanol–water partition coefficient (Wildman–Crippen LogP) is 6.20. The fraction of sp³-hybridized carbons (Fsp3) is 0.208. The van der Waals surface area contributed by atoms with E-state index in [0.717, 1.165) is 33.6 Å². The van der Waals surface area contributed by atoms with Crippen LogP contribution in [0.2, 0.25) is 10.0 Å². The summed E-state index contributed by atoms with van der Waals surface area (Å²) in [6.07, 6.45) is -0.0362. The lowest BCUT2D eigenvalue weighted by atomic mass is 9.98. The van der Waals surface area contributed by atoms with Crippen molar-refractivity contribution < 1.29 is 14.3 Å². The molecule has 0 spiro atoms. The Balaban J connectivity index is 1.41. The van der Waals surface area contributed by atoms with E-state index in [-0.39, 0.29) is 12.7 Å². The molecule has 0 radical (unpaired) electrons. The molecule has 6 heteroatoms. The first-order valence-corrected chi connectivity index (χ1v) is 10.5. The monoisotopic (exact) mass is 441 g/mol. The van der Waals surface area contributed by atoms with Crippen LogP contribution in [0.25, 0.3) is 11.1 Å². The number of alkyl carbamates (subject to hydrolysis) is 1. The van der Waals surface area contributed by atoms with Gasteiger partial charge in [0.25, 0.3) is 0 Å². The Morgan fingerprint density at radius 2 is 1.90 bits per heavy atom. The lowest BCUT2D eigenvalue weighted by Crippen LogP contribution is -2.29. The van der Waals surface area contributed by atoms with Crippen LogP contribution in [0.15, 0.2) is 60.7 Å². The number of ether oxygens (including phenoxy) is 2. The van der Waals surface area contributed by atoms with Gasteiger partial charge in [0.15, 0.2) is 0 Å². The van der Waals surface area contributed by atoms with Gasteiger partial charge in [0.1, 0.15) is 18.5 Å². The van der Waals surface area contributed by atoms with Crippen molar-refractivity contribution in [3.63, 3.8) is 0 Å². The van der Waals surface area contributed by atoms with E-state index >= 15 is 0 Å². The van der Waals surface area contributed by atoms with Gasteiger partial charge in [0, 0.05) is 29.1 Å². The molecule has 0 fully saturated rings. The van der Waals surface area contributed by atoms with Crippen molar-refractivity contribution in [2.75, 3.05) is 6.61 Å². The molecule has 0 saturated heterocycles. The highest BCUT2D eigenvalue weighted by Crippen LogP contribution is 2.42. The molecule has 1 aliphatic rings. The number of fused-ring (bicyclic) bond motifs is 1. The molecule has 1 N–H and O–H groups in total. The van der Waals surface area contributed by atoms with Gasteiger partial charge in [-0.2, -0.15) is 0 Å². The predicted molar refractivity (Wildman–Crippen MR) is 119 cm³/mol. The van der Waals surface area contributed by atoms with Gasteiger partial charge < -0.3 is 14.8 Å². The molecular formula is C24H21Cl2NO3. The van der Waals surface area contributed by atoms with E-state index in [0.29, 0.717) is 23.0 Å². The fourth-order valence-corrected chi connectivity index (χ4v) is 4.09. The zero-order valence-electron chi connectivity index (χ0n) is 16.5. The number of carbonyl (C=O) groups is 1. The second-order valence-corrected chi connectivity index (χ2v) is 8.15. The molecule has 1 heterocycles. The van der Waals surface area contributed by atoms with Gasteiger partial charge >= 0.3 is 6.09 Å². The van der Waals surface area contributed by atoms with E-state index in [9.17, 15) is 4.79 Å². The van der Waals surface area contributed by atoms with Crippen LogP contribution < -0.4 is 10.1 Å². The minimum absolute atomic E-state index is 0.169. The standard InChI is InChI=1S/C24H21Cl2NO3/c1-15-9-17-11-19(14-29-24(28)27-13-16-5-3-2-4-6-16)30-23(17)21(10-15)20-8-7-18(25)12-22(20)26/h2-10,12,19H,11,13-14H2,1H3,(H,27,28). The Hall–Kier alpha value is -2.69. The van der Waals surface area contributed by atoms with Gasteiger partial charge in [-0.25, -0.2) is 4.79 Å². The Morgan fingerprint density at radius 3 is 2.67 bits per heavy atom. The van der Waals surface area contributed by atoms with Crippen LogP contribution in [0.5, 0.6) is 5.75 Å². The van der Waals surface area contributed by atoms with E-state index in [1.54, 1.807) is 6.07 Å². The fourth-order valence-electron chi connectivity index (χ4n) is 3.58. The molecule has 1 atom stereocenters. The number of halogens is 2. The van der Waals surface area contributed by atoms with Gasteiger partial charge in [0.05, 0.1) is 5.02 Å². The second kappa shape index (κ2) is 8.99. The molecule has 0 aliphatic carbocycles. The minimum Gasteiger partial charge on any atom is -0.486 e. The van der Waals surface area contributed by atoms with Crippen LogP contribution >= 0.6 is 23.2 Å². The van der Waals surface area contributed by atoms with Crippen LogP contribution in [0.3, 0.4) is 0 Å². The van der Waals surface area contributed by atoms with E-state index in [2.05, 4.69) is 11.4 Å². The summed E-state index contributed by atoms with van der Waals surface area (Å²) in [5.41, 5.74) is 4.99. The maximum Gasteiger partial charge on any atom is 0.407 e. The van der Waals surface area contributed by atoms with Crippen molar-refractivity contribution in [1.82, 2.24) is 5.32 Å². The number of carbonyl (C=O) groups excluding carboxylic acids is 1. The number of amides is 1. The van der Waals surface area contributed by atoms with Gasteiger partial charge in [0.2, 0.25) is 0 Å². The zero-order valence-corrected chi connectivity index (χ0v) is 18.0. The molecule has 4 rings (SSSR count). The first-order valence-electron chi connectivity index (χ1n) is 9.70. The summed E-state index contributed by atoms with van der Waals surface area (Å²) in [5, 5.41) is 3.91. The molecule has 0 saturated carbocycles. The number of hydrogen-bond acceptors (Lipinski definition) is 3. The van der Waals surface area contributed by atoms with E-state index in [4.69, 9.17) is 32.7 Å². The van der Waals surface area contributed by atoms with E-state index < -0.39 is 6.09 Å². The number of benzene rings is 3. The quantitative estimate of drug-likeness (QED) is 0.512. The largest absolute Gasteiger partial charge is 0.486 e. The molecule has 3 aromatic rings. The van der Waals surface area contributed by atoms with E-state index in [1.165, 1.54) is 0 Å². The summed E-state index contributed by atoms with van der Waals surface area (Å²) in [6.45, 7) is 2.63. The number of nitrogens with one attached hydrogen (secondary N) is 1. The molecule has 154 valence electrons. The molecule has 30 heavy (non-hydrogen) atoms. The SMILES string of the molecule is Cc1cc2c(c(-c3ccc(Cl)cc3Cl)c1)OC(COC(=O)NCc1ccccc1)C2. The van der Waals surface area contributed by atoms with Crippen molar-refractivity contribution in [1.29, 1.82) is 0 Å². The van der Waals surface area contributed by atoms with Crippen LogP contribution in [-0.4, -0.2) is 18.8 Å². The number of aryl methyl sites for hydroxylation is 1. The van der Waals surface area contributed by atoms with Crippen molar-refractivity contribution in [3.05, 3.63) is 87.4 Å². The van der Waals surface area contributed by atoms with Crippen LogP contribution in [0, 0.1) is 6.92 Å². The highest BCUT2D eigenvalue weighted by molar-refractivity contribution is 6.36. The average molecular weight is 442 g/mol. The lowest BCUT2D eigenvalue weighted by molar-refractivity contribution is 0.0924. The van der Waals surface area contributed by atoms with Crippen molar-refractivity contribution in [2.45, 2.75) is 26.0 Å². The third kappa shape index (κ3) is 4.72. The smallest absolute Gasteiger partial charge is 0.407 e. The van der Waals surface area contributed by atoms with Crippen molar-refractivity contribution >= 4 is 29.3 Å². The molecule has 4 nitrogen and oxygen atoms in total. The number of rotatable bonds is 5. The highest BCUT2D eigenvalue weighted by atomic mass is 35.5. The molecular weight excluding hydrogens is 421 g/mol. The summed E-state index contributed by atoms with van der Waals surface area (Å²) in [6, 6.07) is 19.3. The number of hydrogen-bond donors (Lipinski definition) is 1. The third-order valence-corrected chi connectivity index (χ3v) is 5.49. The average Bonchev–Trinajstić information content (AvgIpc) is 3.14. The highest BCUT2D eigenvalue weighted by Gasteiger charge is 2.28. The van der Waals surface area contributed by atoms with Gasteiger partial charge in [-0.15, -0.1) is 0 Å². The van der Waals surface area contributed by atoms with Gasteiger partial charge in [-0.3, -0.25) is 0 Å². The summed E-state index contributed by atoms with van der Waals surface area (Å²) < 4.78 is 11.5. The Morgan fingerprint density at radius 1 is 1.10 bits per heavy atom. The molecule has 1 amide bonds. The van der Waals surface area contributed by atoms with Crippen LogP contribution in [0.4, 0.5) is 4.79 Å². The topological polar surface area (TPSA) is 47.6 Å². The molecule has 1 unspecified atom stereocenters. The Kier molecular flexibility index (Phi) is 6.16. The maximum atomic E-state index is 12.0. The Labute approximate surface area is 185 Å². The van der Waals surface area contributed by atoms with E-state index in [1.807, 2.05) is 55.5 Å². The lowest BCUT2D eigenvalue weighted by Gasteiger charge is -2.14. The summed E-state index contributed by atoms with van der Waals surface area (Å²) in [5.74, 6) is 0.781. The Bertz CT molecular complexity index is 1070. The van der Waals surface area contributed by atoms with Gasteiger partial charge in [-0.05, 0) is 41.8 Å². The van der Waals surface area contributed by atoms with Crippen LogP contribution in [-0.2, 0) is 17.7 Å². The first-order chi connectivity index (χ1) is 14.5. The molecule has 3 aromatic carbocycles. The normalized spacial score (nSPS) is 14.7. The molecule has 0 aromatic heterocycles. The first kappa shape index (κ1) is 20.6. The van der Waals surface area contributed by atoms with Crippen molar-refractivity contribution in [3.8, 4) is 16.9 Å². The molecule has 1 aliphatic heterocycles. The summed E-state index contributed by atoms with van der Waals surface area (Å²) in [4.78, 5) is 12.0. The van der Waals surface area contributed by atoms with Crippen LogP contribution in [0.1, 0.15) is 16.7 Å². The maximum absolute atomic E-state index is 12.0.